The number of hydrogen-bond acceptors (Lipinski definition) is 2. The van der Waals surface area contributed by atoms with Gasteiger partial charge < -0.3 is 10.4 Å². The van der Waals surface area contributed by atoms with E-state index in [1.807, 2.05) is 0 Å². The summed E-state index contributed by atoms with van der Waals surface area (Å²) in [7, 11) is 0. The third-order valence-corrected chi connectivity index (χ3v) is 3.30. The number of aliphatic carboxylic acids is 1. The van der Waals surface area contributed by atoms with Gasteiger partial charge in [-0.2, -0.15) is 0 Å². The molecule has 1 aliphatic rings. The topological polar surface area (TPSA) is 66.4 Å². The van der Waals surface area contributed by atoms with Crippen LogP contribution in [0.25, 0.3) is 0 Å². The van der Waals surface area contributed by atoms with E-state index in [-0.39, 0.29) is 5.91 Å². The zero-order chi connectivity index (χ0) is 12.0. The zero-order valence-electron chi connectivity index (χ0n) is 9.87. The lowest BCUT2D eigenvalue weighted by atomic mass is 10.0. The summed E-state index contributed by atoms with van der Waals surface area (Å²) >= 11 is 0. The van der Waals surface area contributed by atoms with E-state index < -0.39 is 12.0 Å². The molecule has 2 N–H and O–H groups in total. The highest BCUT2D eigenvalue weighted by Crippen LogP contribution is 2.28. The molecule has 0 aromatic rings. The Morgan fingerprint density at radius 2 is 2.00 bits per heavy atom. The summed E-state index contributed by atoms with van der Waals surface area (Å²) in [4.78, 5) is 22.2. The molecule has 0 saturated heterocycles. The van der Waals surface area contributed by atoms with Crippen molar-refractivity contribution in [1.82, 2.24) is 5.32 Å². The maximum atomic E-state index is 11.5. The van der Waals surface area contributed by atoms with E-state index in [1.165, 1.54) is 25.7 Å². The van der Waals surface area contributed by atoms with Crippen LogP contribution in [0.3, 0.4) is 0 Å². The number of carbonyl (C=O) groups excluding carboxylic acids is 1. The smallest absolute Gasteiger partial charge is 0.326 e. The fourth-order valence-electron chi connectivity index (χ4n) is 2.24. The molecule has 16 heavy (non-hydrogen) atoms. The van der Waals surface area contributed by atoms with Crippen LogP contribution in [0, 0.1) is 5.92 Å². The molecule has 0 bridgehead atoms. The van der Waals surface area contributed by atoms with Gasteiger partial charge in [0, 0.05) is 6.42 Å². The molecule has 0 unspecified atom stereocenters. The standard InChI is InChI=1S/C12H21NO3/c1-2-10(12(15)16)13-11(14)8-7-9-5-3-4-6-9/h9-10H,2-8H2,1H3,(H,13,14)(H,15,16)/t10-/m1/s1. The second-order valence-electron chi connectivity index (χ2n) is 4.56. The Morgan fingerprint density at radius 1 is 1.38 bits per heavy atom. The second-order valence-corrected chi connectivity index (χ2v) is 4.56. The van der Waals surface area contributed by atoms with E-state index in [9.17, 15) is 9.59 Å². The van der Waals surface area contributed by atoms with Gasteiger partial charge in [0.15, 0.2) is 0 Å². The molecule has 0 aliphatic heterocycles. The average Bonchev–Trinajstić information content (AvgIpc) is 2.75. The fourth-order valence-corrected chi connectivity index (χ4v) is 2.24. The van der Waals surface area contributed by atoms with Gasteiger partial charge in [0.25, 0.3) is 0 Å². The minimum Gasteiger partial charge on any atom is -0.480 e. The summed E-state index contributed by atoms with van der Waals surface area (Å²) in [6, 6.07) is -0.726. The van der Waals surface area contributed by atoms with E-state index in [2.05, 4.69) is 5.32 Å². The predicted molar refractivity (Wildman–Crippen MR) is 61.0 cm³/mol. The van der Waals surface area contributed by atoms with Crippen LogP contribution in [0.2, 0.25) is 0 Å². The quantitative estimate of drug-likeness (QED) is 0.728. The zero-order valence-corrected chi connectivity index (χ0v) is 9.87. The van der Waals surface area contributed by atoms with Crippen molar-refractivity contribution in [2.24, 2.45) is 5.92 Å². The largest absolute Gasteiger partial charge is 0.480 e. The summed E-state index contributed by atoms with van der Waals surface area (Å²) in [6.07, 6.45) is 6.81. The summed E-state index contributed by atoms with van der Waals surface area (Å²) in [5.41, 5.74) is 0. The van der Waals surface area contributed by atoms with Crippen LogP contribution in [0.1, 0.15) is 51.9 Å². The molecule has 0 radical (unpaired) electrons. The molecule has 1 aliphatic carbocycles. The van der Waals surface area contributed by atoms with Crippen molar-refractivity contribution in [2.45, 2.75) is 57.9 Å². The van der Waals surface area contributed by atoms with Crippen LogP contribution in [0.5, 0.6) is 0 Å². The van der Waals surface area contributed by atoms with Gasteiger partial charge in [-0.1, -0.05) is 32.6 Å². The third kappa shape index (κ3) is 4.21. The molecule has 92 valence electrons. The molecule has 0 heterocycles. The molecule has 1 amide bonds. The Labute approximate surface area is 96.4 Å². The van der Waals surface area contributed by atoms with Crippen molar-refractivity contribution in [3.63, 3.8) is 0 Å². The molecule has 4 heteroatoms. The first kappa shape index (κ1) is 13.0. The van der Waals surface area contributed by atoms with Crippen molar-refractivity contribution in [2.75, 3.05) is 0 Å². The highest BCUT2D eigenvalue weighted by Gasteiger charge is 2.19. The van der Waals surface area contributed by atoms with Gasteiger partial charge in [-0.25, -0.2) is 4.79 Å². The van der Waals surface area contributed by atoms with Crippen LogP contribution in [-0.2, 0) is 9.59 Å². The van der Waals surface area contributed by atoms with Gasteiger partial charge in [0.2, 0.25) is 5.91 Å². The van der Waals surface area contributed by atoms with Crippen LogP contribution >= 0.6 is 0 Å². The first-order valence-electron chi connectivity index (χ1n) is 6.15. The lowest BCUT2D eigenvalue weighted by Crippen LogP contribution is -2.40. The number of hydrogen-bond donors (Lipinski definition) is 2. The number of carbonyl (C=O) groups is 2. The molecule has 1 rings (SSSR count). The molecule has 4 nitrogen and oxygen atoms in total. The number of nitrogens with one attached hydrogen (secondary N) is 1. The third-order valence-electron chi connectivity index (χ3n) is 3.30. The number of carboxylic acids is 1. The summed E-state index contributed by atoms with van der Waals surface area (Å²) in [6.45, 7) is 1.76. The molecule has 1 saturated carbocycles. The number of amides is 1. The van der Waals surface area contributed by atoms with E-state index >= 15 is 0 Å². The van der Waals surface area contributed by atoms with E-state index in [0.717, 1.165) is 6.42 Å². The van der Waals surface area contributed by atoms with Crippen molar-refractivity contribution >= 4 is 11.9 Å². The SMILES string of the molecule is CC[C@@H](NC(=O)CCC1CCCC1)C(=O)O. The maximum Gasteiger partial charge on any atom is 0.326 e. The van der Waals surface area contributed by atoms with E-state index in [0.29, 0.717) is 18.8 Å². The Balaban J connectivity index is 2.21. The lowest BCUT2D eigenvalue weighted by Gasteiger charge is -2.13. The normalized spacial score (nSPS) is 18.3. The highest BCUT2D eigenvalue weighted by atomic mass is 16.4. The molecule has 0 spiro atoms. The van der Waals surface area contributed by atoms with Crippen LogP contribution in [0.15, 0.2) is 0 Å². The van der Waals surface area contributed by atoms with Gasteiger partial charge in [-0.05, 0) is 18.8 Å². The van der Waals surface area contributed by atoms with Gasteiger partial charge >= 0.3 is 5.97 Å². The molecule has 1 atom stereocenters. The first-order valence-corrected chi connectivity index (χ1v) is 6.15. The van der Waals surface area contributed by atoms with Gasteiger partial charge in [-0.15, -0.1) is 0 Å². The molecular formula is C12H21NO3. The van der Waals surface area contributed by atoms with Gasteiger partial charge in [0.1, 0.15) is 6.04 Å². The van der Waals surface area contributed by atoms with Gasteiger partial charge in [-0.3, -0.25) is 4.79 Å². The van der Waals surface area contributed by atoms with Crippen molar-refractivity contribution in [1.29, 1.82) is 0 Å². The molecule has 1 fully saturated rings. The second kappa shape index (κ2) is 6.51. The highest BCUT2D eigenvalue weighted by molar-refractivity contribution is 5.83. The van der Waals surface area contributed by atoms with Crippen molar-refractivity contribution in [3.8, 4) is 0 Å². The Bertz CT molecular complexity index is 247. The Kier molecular flexibility index (Phi) is 5.29. The number of rotatable bonds is 6. The predicted octanol–water partition coefficient (Wildman–Crippen LogP) is 1.94. The van der Waals surface area contributed by atoms with Crippen LogP contribution in [-0.4, -0.2) is 23.0 Å². The number of carboxylic acid groups (broad SMARTS) is 1. The molecule has 0 aromatic heterocycles. The Morgan fingerprint density at radius 3 is 2.50 bits per heavy atom. The van der Waals surface area contributed by atoms with E-state index in [4.69, 9.17) is 5.11 Å². The minimum atomic E-state index is -0.947. The van der Waals surface area contributed by atoms with Crippen LogP contribution < -0.4 is 5.32 Å². The molecular weight excluding hydrogens is 206 g/mol. The monoisotopic (exact) mass is 227 g/mol. The lowest BCUT2D eigenvalue weighted by molar-refractivity contribution is -0.141. The molecule has 0 aromatic carbocycles. The summed E-state index contributed by atoms with van der Waals surface area (Å²) in [5.74, 6) is -0.395. The maximum absolute atomic E-state index is 11.5. The van der Waals surface area contributed by atoms with E-state index in [1.54, 1.807) is 6.92 Å². The van der Waals surface area contributed by atoms with Crippen molar-refractivity contribution < 1.29 is 14.7 Å². The average molecular weight is 227 g/mol. The summed E-state index contributed by atoms with van der Waals surface area (Å²) in [5, 5.41) is 11.3. The van der Waals surface area contributed by atoms with Crippen molar-refractivity contribution in [3.05, 3.63) is 0 Å². The minimum absolute atomic E-state index is 0.124. The fraction of sp³-hybridized carbons (Fsp3) is 0.833. The Hall–Kier alpha value is -1.06. The van der Waals surface area contributed by atoms with Gasteiger partial charge in [0.05, 0.1) is 0 Å². The summed E-state index contributed by atoms with van der Waals surface area (Å²) < 4.78 is 0. The van der Waals surface area contributed by atoms with Crippen LogP contribution in [0.4, 0.5) is 0 Å². The first-order chi connectivity index (χ1) is 7.63.